The minimum absolute atomic E-state index is 0.199. The van der Waals surface area contributed by atoms with Gasteiger partial charge in [-0.25, -0.2) is 0 Å². The molecule has 1 N–H and O–H groups in total. The van der Waals surface area contributed by atoms with Crippen LogP contribution in [0.15, 0.2) is 60.7 Å². The first-order valence-corrected chi connectivity index (χ1v) is 7.42. The Balaban J connectivity index is 2.67. The van der Waals surface area contributed by atoms with Crippen molar-refractivity contribution < 1.29 is 5.11 Å². The highest BCUT2D eigenvalue weighted by molar-refractivity contribution is 5.38. The van der Waals surface area contributed by atoms with E-state index in [1.165, 1.54) is 0 Å². The van der Waals surface area contributed by atoms with Crippen LogP contribution in [0.4, 0.5) is 0 Å². The number of hydrogen-bond donors (Lipinski definition) is 1. The summed E-state index contributed by atoms with van der Waals surface area (Å²) >= 11 is 0. The van der Waals surface area contributed by atoms with Crippen molar-refractivity contribution in [1.29, 1.82) is 0 Å². The summed E-state index contributed by atoms with van der Waals surface area (Å²) in [6.45, 7) is 6.48. The Morgan fingerprint density at radius 3 is 1.40 bits per heavy atom. The average molecular weight is 268 g/mol. The monoisotopic (exact) mass is 268 g/mol. The Labute approximate surface area is 122 Å². The Kier molecular flexibility index (Phi) is 4.29. The fourth-order valence-electron chi connectivity index (χ4n) is 2.98. The summed E-state index contributed by atoms with van der Waals surface area (Å²) < 4.78 is 0. The smallest absolute Gasteiger partial charge is 0.120 e. The summed E-state index contributed by atoms with van der Waals surface area (Å²) in [5.74, 6) is 0. The summed E-state index contributed by atoms with van der Waals surface area (Å²) in [4.78, 5) is 0. The zero-order valence-corrected chi connectivity index (χ0v) is 12.6. The third-order valence-corrected chi connectivity index (χ3v) is 4.82. The fourth-order valence-corrected chi connectivity index (χ4v) is 2.98. The first-order chi connectivity index (χ1) is 9.58. The van der Waals surface area contributed by atoms with E-state index < -0.39 is 5.60 Å². The molecule has 2 rings (SSSR count). The number of benzene rings is 2. The van der Waals surface area contributed by atoms with Crippen molar-refractivity contribution in [3.05, 3.63) is 71.8 Å². The van der Waals surface area contributed by atoms with Crippen LogP contribution in [-0.2, 0) is 5.60 Å². The lowest BCUT2D eigenvalue weighted by Gasteiger charge is -2.45. The largest absolute Gasteiger partial charge is 0.380 e. The molecule has 0 radical (unpaired) electrons. The molecular weight excluding hydrogens is 244 g/mol. The van der Waals surface area contributed by atoms with Crippen molar-refractivity contribution in [2.45, 2.75) is 39.2 Å². The van der Waals surface area contributed by atoms with Crippen LogP contribution < -0.4 is 0 Å². The minimum atomic E-state index is -0.959. The van der Waals surface area contributed by atoms with Gasteiger partial charge in [-0.2, -0.15) is 0 Å². The van der Waals surface area contributed by atoms with Crippen molar-refractivity contribution in [2.24, 2.45) is 5.41 Å². The maximum absolute atomic E-state index is 11.7. The maximum Gasteiger partial charge on any atom is 0.120 e. The van der Waals surface area contributed by atoms with E-state index in [1.807, 2.05) is 60.7 Å². The molecule has 2 aromatic rings. The molecule has 0 aliphatic rings. The lowest BCUT2D eigenvalue weighted by Crippen LogP contribution is -2.44. The third kappa shape index (κ3) is 2.27. The standard InChI is InChI=1S/C19H24O/c1-4-18(3,5-2)19(20,16-12-8-6-9-13-16)17-14-10-7-11-15-17/h6-15,20H,4-5H2,1-3H3. The van der Waals surface area contributed by atoms with Gasteiger partial charge < -0.3 is 5.11 Å². The molecule has 0 fully saturated rings. The first-order valence-electron chi connectivity index (χ1n) is 7.42. The molecule has 0 atom stereocenters. The van der Waals surface area contributed by atoms with Gasteiger partial charge in [-0.15, -0.1) is 0 Å². The highest BCUT2D eigenvalue weighted by atomic mass is 16.3. The molecule has 0 aliphatic carbocycles. The molecule has 106 valence electrons. The van der Waals surface area contributed by atoms with Crippen LogP contribution in [0.2, 0.25) is 0 Å². The molecule has 0 aromatic heterocycles. The van der Waals surface area contributed by atoms with Crippen molar-refractivity contribution >= 4 is 0 Å². The van der Waals surface area contributed by atoms with Crippen LogP contribution in [-0.4, -0.2) is 5.11 Å². The topological polar surface area (TPSA) is 20.2 Å². The van der Waals surface area contributed by atoms with E-state index in [4.69, 9.17) is 0 Å². The van der Waals surface area contributed by atoms with Crippen LogP contribution >= 0.6 is 0 Å². The SMILES string of the molecule is CCC(C)(CC)C(O)(c1ccccc1)c1ccccc1. The summed E-state index contributed by atoms with van der Waals surface area (Å²) in [5, 5.41) is 11.7. The lowest BCUT2D eigenvalue weighted by atomic mass is 9.63. The van der Waals surface area contributed by atoms with E-state index in [1.54, 1.807) is 0 Å². The molecule has 20 heavy (non-hydrogen) atoms. The van der Waals surface area contributed by atoms with Gasteiger partial charge in [0.2, 0.25) is 0 Å². The van der Waals surface area contributed by atoms with Crippen molar-refractivity contribution in [2.75, 3.05) is 0 Å². The van der Waals surface area contributed by atoms with Crippen molar-refractivity contribution in [3.63, 3.8) is 0 Å². The second kappa shape index (κ2) is 5.80. The average Bonchev–Trinajstić information content (AvgIpc) is 2.54. The molecule has 1 nitrogen and oxygen atoms in total. The van der Waals surface area contributed by atoms with E-state index >= 15 is 0 Å². The van der Waals surface area contributed by atoms with Crippen molar-refractivity contribution in [1.82, 2.24) is 0 Å². The highest BCUT2D eigenvalue weighted by Crippen LogP contribution is 2.49. The van der Waals surface area contributed by atoms with Crippen LogP contribution in [0.25, 0.3) is 0 Å². The molecule has 0 saturated heterocycles. The van der Waals surface area contributed by atoms with Gasteiger partial charge in [0.05, 0.1) is 0 Å². The van der Waals surface area contributed by atoms with E-state index in [-0.39, 0.29) is 5.41 Å². The zero-order chi connectivity index (χ0) is 14.6. The molecule has 0 saturated carbocycles. The van der Waals surface area contributed by atoms with Gasteiger partial charge in [-0.05, 0) is 24.0 Å². The van der Waals surface area contributed by atoms with E-state index in [0.717, 1.165) is 24.0 Å². The molecular formula is C19H24O. The quantitative estimate of drug-likeness (QED) is 0.829. The zero-order valence-electron chi connectivity index (χ0n) is 12.6. The number of aliphatic hydroxyl groups is 1. The van der Waals surface area contributed by atoms with Gasteiger partial charge >= 0.3 is 0 Å². The van der Waals surface area contributed by atoms with E-state index in [0.29, 0.717) is 0 Å². The summed E-state index contributed by atoms with van der Waals surface area (Å²) in [5.41, 5.74) is 0.782. The van der Waals surface area contributed by atoms with Gasteiger partial charge in [0.15, 0.2) is 0 Å². The minimum Gasteiger partial charge on any atom is -0.380 e. The van der Waals surface area contributed by atoms with Gasteiger partial charge in [0, 0.05) is 5.41 Å². The van der Waals surface area contributed by atoms with Gasteiger partial charge in [0.25, 0.3) is 0 Å². The Hall–Kier alpha value is -1.60. The first kappa shape index (κ1) is 14.8. The molecule has 0 amide bonds. The van der Waals surface area contributed by atoms with E-state index in [2.05, 4.69) is 20.8 Å². The van der Waals surface area contributed by atoms with Gasteiger partial charge in [0.1, 0.15) is 5.60 Å². The van der Waals surface area contributed by atoms with Crippen molar-refractivity contribution in [3.8, 4) is 0 Å². The number of rotatable bonds is 5. The predicted octanol–water partition coefficient (Wildman–Crippen LogP) is 4.75. The maximum atomic E-state index is 11.7. The van der Waals surface area contributed by atoms with Crippen LogP contribution in [0.1, 0.15) is 44.7 Å². The van der Waals surface area contributed by atoms with E-state index in [9.17, 15) is 5.11 Å². The van der Waals surface area contributed by atoms with Gasteiger partial charge in [-0.1, -0.05) is 81.4 Å². The van der Waals surface area contributed by atoms with Crippen LogP contribution in [0.5, 0.6) is 0 Å². The summed E-state index contributed by atoms with van der Waals surface area (Å²) in [7, 11) is 0. The Morgan fingerprint density at radius 1 is 0.750 bits per heavy atom. The highest BCUT2D eigenvalue weighted by Gasteiger charge is 2.46. The van der Waals surface area contributed by atoms with Crippen LogP contribution in [0, 0.1) is 5.41 Å². The Bertz CT molecular complexity index is 487. The number of hydrogen-bond acceptors (Lipinski definition) is 1. The second-order valence-corrected chi connectivity index (χ2v) is 5.71. The molecule has 1 heteroatoms. The summed E-state index contributed by atoms with van der Waals surface area (Å²) in [6, 6.07) is 20.1. The molecule has 0 heterocycles. The lowest BCUT2D eigenvalue weighted by molar-refractivity contribution is -0.0524. The predicted molar refractivity (Wildman–Crippen MR) is 84.6 cm³/mol. The Morgan fingerprint density at radius 2 is 1.10 bits per heavy atom. The molecule has 2 aromatic carbocycles. The van der Waals surface area contributed by atoms with Gasteiger partial charge in [-0.3, -0.25) is 0 Å². The third-order valence-electron chi connectivity index (χ3n) is 4.82. The summed E-state index contributed by atoms with van der Waals surface area (Å²) in [6.07, 6.45) is 1.84. The molecule has 0 spiro atoms. The normalized spacial score (nSPS) is 12.4. The van der Waals surface area contributed by atoms with Crippen LogP contribution in [0.3, 0.4) is 0 Å². The fraction of sp³-hybridized carbons (Fsp3) is 0.368. The molecule has 0 bridgehead atoms. The molecule has 0 unspecified atom stereocenters. The second-order valence-electron chi connectivity index (χ2n) is 5.71. The molecule has 0 aliphatic heterocycles.